The summed E-state index contributed by atoms with van der Waals surface area (Å²) in [5.74, 6) is 0.0538. The zero-order valence-electron chi connectivity index (χ0n) is 9.44. The Balaban J connectivity index is 0.000000386. The van der Waals surface area contributed by atoms with Gasteiger partial charge in [0.05, 0.1) is 0 Å². The summed E-state index contributed by atoms with van der Waals surface area (Å²) in [6.45, 7) is 3.26. The first-order valence-electron chi connectivity index (χ1n) is 5.46. The van der Waals surface area contributed by atoms with Gasteiger partial charge < -0.3 is 10.1 Å². The Hall–Kier alpha value is -1.59. The lowest BCUT2D eigenvalue weighted by Gasteiger charge is -2.36. The molecule has 0 aromatic rings. The van der Waals surface area contributed by atoms with Gasteiger partial charge in [-0.05, 0) is 19.8 Å². The Morgan fingerprint density at radius 3 is 2.38 bits per heavy atom. The number of aldehydes is 1. The van der Waals surface area contributed by atoms with Gasteiger partial charge in [-0.1, -0.05) is 0 Å². The number of nitrogens with zero attached hydrogens (tertiary/aromatic N) is 2. The maximum absolute atomic E-state index is 11.5. The van der Waals surface area contributed by atoms with E-state index in [9.17, 15) is 9.59 Å². The highest BCUT2D eigenvalue weighted by molar-refractivity contribution is 5.84. The van der Waals surface area contributed by atoms with Crippen molar-refractivity contribution in [3.63, 3.8) is 0 Å². The van der Waals surface area contributed by atoms with Crippen LogP contribution in [0.3, 0.4) is 0 Å². The summed E-state index contributed by atoms with van der Waals surface area (Å²) in [6.07, 6.45) is 3.15. The SMILES string of the molecule is CC=O.O=C1CCNC(=O)N2CCCCN12. The Kier molecular flexibility index (Phi) is 4.75. The third kappa shape index (κ3) is 2.95. The van der Waals surface area contributed by atoms with Crippen LogP contribution in [0.5, 0.6) is 0 Å². The van der Waals surface area contributed by atoms with Crippen molar-refractivity contribution in [1.29, 1.82) is 0 Å². The molecule has 2 aliphatic rings. The van der Waals surface area contributed by atoms with Crippen LogP contribution in [-0.4, -0.2) is 47.9 Å². The van der Waals surface area contributed by atoms with Gasteiger partial charge in [-0.15, -0.1) is 0 Å². The lowest BCUT2D eigenvalue weighted by molar-refractivity contribution is -0.145. The molecule has 1 N–H and O–H groups in total. The van der Waals surface area contributed by atoms with E-state index in [2.05, 4.69) is 5.32 Å². The molecule has 2 rings (SSSR count). The standard InChI is InChI=1S/C8H13N3O2.C2H4O/c12-7-3-4-9-8(13)11-6-2-1-5-10(7)11;1-2-3/h1-6H2,(H,9,13);2H,1H3. The van der Waals surface area contributed by atoms with Crippen LogP contribution >= 0.6 is 0 Å². The van der Waals surface area contributed by atoms with Gasteiger partial charge in [-0.2, -0.15) is 0 Å². The highest BCUT2D eigenvalue weighted by Gasteiger charge is 2.30. The smallest absolute Gasteiger partial charge is 0.336 e. The monoisotopic (exact) mass is 227 g/mol. The zero-order chi connectivity index (χ0) is 12.0. The first kappa shape index (κ1) is 12.5. The predicted molar refractivity (Wildman–Crippen MR) is 57.4 cm³/mol. The van der Waals surface area contributed by atoms with Gasteiger partial charge in [0.1, 0.15) is 6.29 Å². The number of nitrogens with one attached hydrogen (secondary N) is 1. The van der Waals surface area contributed by atoms with Crippen molar-refractivity contribution in [3.8, 4) is 0 Å². The molecule has 16 heavy (non-hydrogen) atoms. The molecule has 0 bridgehead atoms. The molecular formula is C10H17N3O3. The average Bonchev–Trinajstić information content (AvgIpc) is 2.42. The number of carbonyl (C=O) groups is 3. The lowest BCUT2D eigenvalue weighted by atomic mass is 10.2. The number of rotatable bonds is 0. The van der Waals surface area contributed by atoms with E-state index in [4.69, 9.17) is 4.79 Å². The number of hydrogen-bond acceptors (Lipinski definition) is 3. The van der Waals surface area contributed by atoms with E-state index in [0.717, 1.165) is 19.1 Å². The molecule has 2 heterocycles. The van der Waals surface area contributed by atoms with Crippen LogP contribution in [0.4, 0.5) is 4.79 Å². The molecule has 0 unspecified atom stereocenters. The number of amides is 3. The van der Waals surface area contributed by atoms with Crippen LogP contribution in [0, 0.1) is 0 Å². The lowest BCUT2D eigenvalue weighted by Crippen LogP contribution is -2.53. The highest BCUT2D eigenvalue weighted by atomic mass is 16.2. The molecule has 6 nitrogen and oxygen atoms in total. The van der Waals surface area contributed by atoms with Crippen molar-refractivity contribution in [1.82, 2.24) is 15.3 Å². The molecule has 0 aliphatic carbocycles. The van der Waals surface area contributed by atoms with Gasteiger partial charge in [0.2, 0.25) is 5.91 Å². The van der Waals surface area contributed by atoms with Gasteiger partial charge in [0.25, 0.3) is 0 Å². The molecule has 2 fully saturated rings. The maximum atomic E-state index is 11.5. The summed E-state index contributed by atoms with van der Waals surface area (Å²) in [7, 11) is 0. The van der Waals surface area contributed by atoms with Crippen LogP contribution < -0.4 is 5.32 Å². The fraction of sp³-hybridized carbons (Fsp3) is 0.700. The van der Waals surface area contributed by atoms with Crippen LogP contribution in [0.1, 0.15) is 26.2 Å². The Bertz CT molecular complexity index is 256. The van der Waals surface area contributed by atoms with Crippen molar-refractivity contribution in [2.45, 2.75) is 26.2 Å². The summed E-state index contributed by atoms with van der Waals surface area (Å²) >= 11 is 0. The molecule has 6 heteroatoms. The maximum Gasteiger partial charge on any atom is 0.336 e. The summed E-state index contributed by atoms with van der Waals surface area (Å²) in [5, 5.41) is 5.80. The molecule has 0 spiro atoms. The molecule has 0 radical (unpaired) electrons. The van der Waals surface area contributed by atoms with Gasteiger partial charge in [0, 0.05) is 26.1 Å². The fourth-order valence-electron chi connectivity index (χ4n) is 1.73. The van der Waals surface area contributed by atoms with E-state index >= 15 is 0 Å². The van der Waals surface area contributed by atoms with Crippen LogP contribution in [-0.2, 0) is 9.59 Å². The number of fused-ring (bicyclic) bond motifs is 1. The molecule has 2 saturated heterocycles. The average molecular weight is 227 g/mol. The summed E-state index contributed by atoms with van der Waals surface area (Å²) < 4.78 is 0. The molecule has 3 amide bonds. The molecule has 0 aromatic carbocycles. The highest BCUT2D eigenvalue weighted by Crippen LogP contribution is 2.14. The van der Waals surface area contributed by atoms with Crippen LogP contribution in [0.15, 0.2) is 0 Å². The second kappa shape index (κ2) is 6.09. The first-order valence-corrected chi connectivity index (χ1v) is 5.46. The topological polar surface area (TPSA) is 69.7 Å². The normalized spacial score (nSPS) is 20.1. The second-order valence-corrected chi connectivity index (χ2v) is 3.56. The quantitative estimate of drug-likeness (QED) is 0.599. The van der Waals surface area contributed by atoms with Crippen molar-refractivity contribution >= 4 is 18.2 Å². The van der Waals surface area contributed by atoms with Gasteiger partial charge in [-0.3, -0.25) is 9.80 Å². The predicted octanol–water partition coefficient (Wildman–Crippen LogP) is 0.144. The minimum absolute atomic E-state index is 0.0538. The van der Waals surface area contributed by atoms with E-state index in [1.54, 1.807) is 5.01 Å². The van der Waals surface area contributed by atoms with E-state index in [1.165, 1.54) is 11.9 Å². The minimum Gasteiger partial charge on any atom is -0.336 e. The number of carbonyl (C=O) groups excluding carboxylic acids is 3. The molecule has 0 atom stereocenters. The van der Waals surface area contributed by atoms with Crippen LogP contribution in [0.2, 0.25) is 0 Å². The Morgan fingerprint density at radius 2 is 1.75 bits per heavy atom. The van der Waals surface area contributed by atoms with Crippen molar-refractivity contribution in [3.05, 3.63) is 0 Å². The number of hydrogen-bond donors (Lipinski definition) is 1. The zero-order valence-corrected chi connectivity index (χ0v) is 9.44. The molecular weight excluding hydrogens is 210 g/mol. The summed E-state index contributed by atoms with van der Waals surface area (Å²) in [5.41, 5.74) is 0. The molecule has 90 valence electrons. The molecule has 2 aliphatic heterocycles. The third-order valence-corrected chi connectivity index (χ3v) is 2.42. The summed E-state index contributed by atoms with van der Waals surface area (Å²) in [6, 6.07) is -0.134. The fourth-order valence-corrected chi connectivity index (χ4v) is 1.73. The largest absolute Gasteiger partial charge is 0.336 e. The molecule has 0 aromatic heterocycles. The Labute approximate surface area is 94.5 Å². The van der Waals surface area contributed by atoms with E-state index in [1.807, 2.05) is 0 Å². The Morgan fingerprint density at radius 1 is 1.19 bits per heavy atom. The van der Waals surface area contributed by atoms with Gasteiger partial charge in [0.15, 0.2) is 0 Å². The van der Waals surface area contributed by atoms with Crippen molar-refractivity contribution in [2.75, 3.05) is 19.6 Å². The van der Waals surface area contributed by atoms with Gasteiger partial charge >= 0.3 is 6.03 Å². The minimum atomic E-state index is -0.134. The van der Waals surface area contributed by atoms with Crippen LogP contribution in [0.25, 0.3) is 0 Å². The third-order valence-electron chi connectivity index (χ3n) is 2.42. The van der Waals surface area contributed by atoms with Crippen molar-refractivity contribution in [2.24, 2.45) is 0 Å². The summed E-state index contributed by atoms with van der Waals surface area (Å²) in [4.78, 5) is 31.7. The van der Waals surface area contributed by atoms with Crippen molar-refractivity contribution < 1.29 is 14.4 Å². The number of urea groups is 1. The van der Waals surface area contributed by atoms with E-state index < -0.39 is 0 Å². The molecule has 0 saturated carbocycles. The van der Waals surface area contributed by atoms with E-state index in [-0.39, 0.29) is 11.9 Å². The first-order chi connectivity index (χ1) is 7.70. The van der Waals surface area contributed by atoms with Gasteiger partial charge in [-0.25, -0.2) is 9.80 Å². The second-order valence-electron chi connectivity index (χ2n) is 3.56. The van der Waals surface area contributed by atoms with E-state index in [0.29, 0.717) is 26.1 Å². The number of hydrazine groups is 1.